The molecule has 74 valence electrons. The summed E-state index contributed by atoms with van der Waals surface area (Å²) in [5.74, 6) is 0.949. The molecule has 3 nitrogen and oxygen atoms in total. The molecule has 0 radical (unpaired) electrons. The first-order valence-corrected chi connectivity index (χ1v) is 5.36. The van der Waals surface area contributed by atoms with Crippen LogP contribution in [0.5, 0.6) is 0 Å². The van der Waals surface area contributed by atoms with Crippen molar-refractivity contribution < 1.29 is 8.76 Å². The van der Waals surface area contributed by atoms with Crippen molar-refractivity contribution in [1.29, 1.82) is 0 Å². The average Bonchev–Trinajstić information content (AvgIpc) is 1.98. The van der Waals surface area contributed by atoms with Crippen LogP contribution >= 0.6 is 0 Å². The number of hydrogen-bond acceptors (Lipinski definition) is 2. The Morgan fingerprint density at radius 3 is 2.17 bits per heavy atom. The van der Waals surface area contributed by atoms with Crippen LogP contribution in [0.3, 0.4) is 0 Å². The van der Waals surface area contributed by atoms with Crippen LogP contribution in [0.25, 0.3) is 0 Å². The molecule has 0 N–H and O–H groups in total. The van der Waals surface area contributed by atoms with Crippen molar-refractivity contribution in [2.45, 2.75) is 27.7 Å². The first-order chi connectivity index (χ1) is 5.49. The Kier molecular flexibility index (Phi) is 5.70. The van der Waals surface area contributed by atoms with Gasteiger partial charge in [-0.1, -0.05) is 27.7 Å². The molecule has 0 fully saturated rings. The van der Waals surface area contributed by atoms with Crippen molar-refractivity contribution in [3.63, 3.8) is 0 Å². The van der Waals surface area contributed by atoms with Gasteiger partial charge in [-0.25, -0.2) is 4.31 Å². The van der Waals surface area contributed by atoms with E-state index in [0.717, 1.165) is 0 Å². The van der Waals surface area contributed by atoms with Crippen molar-refractivity contribution in [3.05, 3.63) is 0 Å². The molecule has 2 unspecified atom stereocenters. The van der Waals surface area contributed by atoms with Gasteiger partial charge in [0.2, 0.25) is 0 Å². The largest absolute Gasteiger partial charge is 0.760 e. The number of hydrogen-bond donors (Lipinski definition) is 0. The monoisotopic (exact) mass is 192 g/mol. The van der Waals surface area contributed by atoms with Gasteiger partial charge in [-0.3, -0.25) is 4.21 Å². The molecule has 0 spiro atoms. The Hall–Kier alpha value is 0.0700. The molecule has 0 aliphatic carbocycles. The van der Waals surface area contributed by atoms with E-state index in [2.05, 4.69) is 20.8 Å². The van der Waals surface area contributed by atoms with Crippen molar-refractivity contribution in [2.75, 3.05) is 13.1 Å². The van der Waals surface area contributed by atoms with Gasteiger partial charge in [-0.15, -0.1) is 0 Å². The highest BCUT2D eigenvalue weighted by Gasteiger charge is 2.11. The molecule has 0 aromatic carbocycles. The second-order valence-electron chi connectivity index (χ2n) is 3.42. The summed E-state index contributed by atoms with van der Waals surface area (Å²) in [4.78, 5) is 0. The molecule has 0 amide bonds. The highest BCUT2D eigenvalue weighted by atomic mass is 32.2. The molecule has 0 aromatic heterocycles. The first-order valence-electron chi connectivity index (χ1n) is 4.33. The van der Waals surface area contributed by atoms with Gasteiger partial charge < -0.3 is 4.55 Å². The molecule has 0 bridgehead atoms. The number of rotatable bonds is 5. The third-order valence-electron chi connectivity index (χ3n) is 2.19. The zero-order valence-corrected chi connectivity index (χ0v) is 9.06. The quantitative estimate of drug-likeness (QED) is 0.618. The van der Waals surface area contributed by atoms with Gasteiger partial charge in [0.25, 0.3) is 0 Å². The van der Waals surface area contributed by atoms with Crippen LogP contribution in [-0.4, -0.2) is 26.2 Å². The number of nitrogens with zero attached hydrogens (tertiary/aromatic N) is 1. The maximum absolute atomic E-state index is 10.6. The minimum atomic E-state index is -2.06. The fourth-order valence-corrected chi connectivity index (χ4v) is 1.40. The van der Waals surface area contributed by atoms with Crippen LogP contribution in [0.15, 0.2) is 0 Å². The highest BCUT2D eigenvalue weighted by Crippen LogP contribution is 2.11. The van der Waals surface area contributed by atoms with E-state index in [1.807, 2.05) is 6.92 Å². The van der Waals surface area contributed by atoms with E-state index in [1.165, 1.54) is 4.31 Å². The molecule has 0 saturated heterocycles. The third-order valence-corrected chi connectivity index (χ3v) is 3.02. The van der Waals surface area contributed by atoms with Gasteiger partial charge in [-0.05, 0) is 11.8 Å². The summed E-state index contributed by atoms with van der Waals surface area (Å²) in [5.41, 5.74) is 0. The summed E-state index contributed by atoms with van der Waals surface area (Å²) in [5, 5.41) is 0. The Balaban J connectivity index is 3.94. The Labute approximate surface area is 77.6 Å². The summed E-state index contributed by atoms with van der Waals surface area (Å²) in [7, 11) is 0. The predicted octanol–water partition coefficient (Wildman–Crippen LogP) is 1.39. The Bertz CT molecular complexity index is 150. The van der Waals surface area contributed by atoms with Crippen molar-refractivity contribution in [2.24, 2.45) is 11.8 Å². The summed E-state index contributed by atoms with van der Waals surface area (Å²) in [6.45, 7) is 9.32. The van der Waals surface area contributed by atoms with E-state index in [1.54, 1.807) is 0 Å². The van der Waals surface area contributed by atoms with Crippen LogP contribution in [0.2, 0.25) is 0 Å². The molecular weight excluding hydrogens is 174 g/mol. The van der Waals surface area contributed by atoms with E-state index < -0.39 is 11.3 Å². The van der Waals surface area contributed by atoms with Gasteiger partial charge in [0.05, 0.1) is 0 Å². The Morgan fingerprint density at radius 2 is 1.92 bits per heavy atom. The summed E-state index contributed by atoms with van der Waals surface area (Å²) < 4.78 is 22.7. The molecule has 2 atom stereocenters. The minimum absolute atomic E-state index is 0.419. The lowest BCUT2D eigenvalue weighted by Crippen LogP contribution is -2.31. The molecule has 12 heavy (non-hydrogen) atoms. The molecule has 0 saturated carbocycles. The molecule has 0 aromatic rings. The highest BCUT2D eigenvalue weighted by molar-refractivity contribution is 7.76. The van der Waals surface area contributed by atoms with Gasteiger partial charge in [0, 0.05) is 24.4 Å². The maximum Gasteiger partial charge on any atom is 0.0209 e. The average molecular weight is 192 g/mol. The molecule has 0 aliphatic rings. The lowest BCUT2D eigenvalue weighted by molar-refractivity contribution is 0.304. The maximum atomic E-state index is 10.6. The Morgan fingerprint density at radius 1 is 1.42 bits per heavy atom. The van der Waals surface area contributed by atoms with E-state index in [0.29, 0.717) is 24.9 Å². The van der Waals surface area contributed by atoms with Gasteiger partial charge >= 0.3 is 0 Å². The van der Waals surface area contributed by atoms with Crippen LogP contribution in [0.4, 0.5) is 0 Å². The van der Waals surface area contributed by atoms with Crippen LogP contribution in [0, 0.1) is 11.8 Å². The van der Waals surface area contributed by atoms with Crippen LogP contribution in [-0.2, 0) is 11.3 Å². The summed E-state index contributed by atoms with van der Waals surface area (Å²) in [6, 6.07) is 0. The summed E-state index contributed by atoms with van der Waals surface area (Å²) in [6.07, 6.45) is 0. The van der Waals surface area contributed by atoms with Gasteiger partial charge in [0.15, 0.2) is 0 Å². The van der Waals surface area contributed by atoms with E-state index in [-0.39, 0.29) is 0 Å². The van der Waals surface area contributed by atoms with E-state index in [9.17, 15) is 8.76 Å². The van der Waals surface area contributed by atoms with Crippen molar-refractivity contribution in [1.82, 2.24) is 4.31 Å². The predicted molar refractivity (Wildman–Crippen MR) is 50.2 cm³/mol. The van der Waals surface area contributed by atoms with Crippen LogP contribution in [0.1, 0.15) is 27.7 Å². The second kappa shape index (κ2) is 5.67. The fourth-order valence-electron chi connectivity index (χ4n) is 0.827. The molecular formula is C8H18NO2S-. The van der Waals surface area contributed by atoms with Gasteiger partial charge in [0.1, 0.15) is 0 Å². The van der Waals surface area contributed by atoms with E-state index >= 15 is 0 Å². The zero-order valence-electron chi connectivity index (χ0n) is 8.24. The normalized spacial score (nSPS) is 16.9. The molecule has 0 rings (SSSR count). The third kappa shape index (κ3) is 4.18. The lowest BCUT2D eigenvalue weighted by atomic mass is 9.98. The van der Waals surface area contributed by atoms with Crippen molar-refractivity contribution >= 4 is 11.3 Å². The topological polar surface area (TPSA) is 43.4 Å². The standard InChI is InChI=1S/C8H19NO2S/c1-5-9(12(10)11)6-8(4)7(2)3/h7-8H,5-6H2,1-4H3,(H,10,11)/p-1. The fraction of sp³-hybridized carbons (Fsp3) is 1.00. The van der Waals surface area contributed by atoms with E-state index in [4.69, 9.17) is 0 Å². The first kappa shape index (κ1) is 12.1. The SMILES string of the molecule is CCN(CC(C)C(C)C)S(=O)[O-]. The zero-order chi connectivity index (χ0) is 9.72. The van der Waals surface area contributed by atoms with Crippen molar-refractivity contribution in [3.8, 4) is 0 Å². The molecule has 0 aliphatic heterocycles. The second-order valence-corrected chi connectivity index (χ2v) is 4.37. The summed E-state index contributed by atoms with van der Waals surface area (Å²) >= 11 is -2.06. The lowest BCUT2D eigenvalue weighted by Gasteiger charge is -2.27. The van der Waals surface area contributed by atoms with Crippen LogP contribution < -0.4 is 0 Å². The molecule has 0 heterocycles. The molecule has 4 heteroatoms. The minimum Gasteiger partial charge on any atom is -0.760 e. The smallest absolute Gasteiger partial charge is 0.0209 e. The van der Waals surface area contributed by atoms with Gasteiger partial charge in [-0.2, -0.15) is 0 Å².